The number of nitrogens with one attached hydrogen (secondary N) is 1. The van der Waals surface area contributed by atoms with Gasteiger partial charge in [0.15, 0.2) is 5.82 Å². The summed E-state index contributed by atoms with van der Waals surface area (Å²) in [5, 5.41) is 16.1. The topological polar surface area (TPSA) is 41.0 Å². The van der Waals surface area contributed by atoms with E-state index in [-0.39, 0.29) is 0 Å². The highest BCUT2D eigenvalue weighted by molar-refractivity contribution is 7.07. The van der Waals surface area contributed by atoms with Gasteiger partial charge in [-0.3, -0.25) is 0 Å². The molecule has 0 unspecified atom stereocenters. The second-order valence-electron chi connectivity index (χ2n) is 4.90. The lowest BCUT2D eigenvalue weighted by Crippen LogP contribution is -2.26. The molecule has 0 aliphatic heterocycles. The van der Waals surface area contributed by atoms with Crippen LogP contribution in [0.3, 0.4) is 0 Å². The molecule has 0 saturated heterocycles. The molecule has 100 valence electrons. The molecule has 5 heteroatoms. The molecular weight excluding hydrogens is 256 g/mol. The van der Waals surface area contributed by atoms with E-state index in [1.165, 1.54) is 18.4 Å². The summed E-state index contributed by atoms with van der Waals surface area (Å²) in [7, 11) is 1.92. The van der Waals surface area contributed by atoms with Crippen LogP contribution in [0.5, 0.6) is 0 Å². The summed E-state index contributed by atoms with van der Waals surface area (Å²) < 4.78 is 0. The molecule has 0 bridgehead atoms. The van der Waals surface area contributed by atoms with Gasteiger partial charge < -0.3 is 10.2 Å². The molecule has 4 nitrogen and oxygen atoms in total. The zero-order valence-corrected chi connectivity index (χ0v) is 11.9. The average Bonchev–Trinajstić information content (AvgIpc) is 3.15. The van der Waals surface area contributed by atoms with E-state index < -0.39 is 0 Å². The van der Waals surface area contributed by atoms with Crippen LogP contribution in [0.2, 0.25) is 0 Å². The average molecular weight is 274 g/mol. The standard InChI is InChI=1S/C14H18N4S/c1-15-8-12-2-5-14(17-16-12)18(13-3-4-13)9-11-6-7-19-10-11/h2,5-7,10,13,15H,3-4,8-9H2,1H3. The molecule has 0 spiro atoms. The van der Waals surface area contributed by atoms with Crippen LogP contribution in [0, 0.1) is 0 Å². The summed E-state index contributed by atoms with van der Waals surface area (Å²) in [6.07, 6.45) is 2.54. The summed E-state index contributed by atoms with van der Waals surface area (Å²) in [5.74, 6) is 0.994. The Morgan fingerprint density at radius 3 is 2.79 bits per heavy atom. The van der Waals surface area contributed by atoms with E-state index >= 15 is 0 Å². The number of nitrogens with zero attached hydrogens (tertiary/aromatic N) is 3. The fourth-order valence-corrected chi connectivity index (χ4v) is 2.80. The Morgan fingerprint density at radius 1 is 1.32 bits per heavy atom. The van der Waals surface area contributed by atoms with Crippen molar-refractivity contribution < 1.29 is 0 Å². The van der Waals surface area contributed by atoms with E-state index in [1.54, 1.807) is 11.3 Å². The molecule has 2 aromatic rings. The number of aromatic nitrogens is 2. The van der Waals surface area contributed by atoms with Gasteiger partial charge in [0.05, 0.1) is 5.69 Å². The van der Waals surface area contributed by atoms with Crippen LogP contribution in [0.4, 0.5) is 5.82 Å². The van der Waals surface area contributed by atoms with Gasteiger partial charge in [-0.1, -0.05) is 0 Å². The Morgan fingerprint density at radius 2 is 2.21 bits per heavy atom. The molecule has 1 fully saturated rings. The van der Waals surface area contributed by atoms with Crippen LogP contribution >= 0.6 is 11.3 Å². The SMILES string of the molecule is CNCc1ccc(N(Cc2ccsc2)C2CC2)nn1. The van der Waals surface area contributed by atoms with Gasteiger partial charge in [-0.25, -0.2) is 0 Å². The van der Waals surface area contributed by atoms with Crippen molar-refractivity contribution in [3.05, 3.63) is 40.2 Å². The molecule has 1 aliphatic carbocycles. The maximum absolute atomic E-state index is 4.38. The number of thiophene rings is 1. The van der Waals surface area contributed by atoms with Crippen molar-refractivity contribution in [2.45, 2.75) is 32.0 Å². The maximum atomic E-state index is 4.38. The fourth-order valence-electron chi connectivity index (χ4n) is 2.14. The van der Waals surface area contributed by atoms with Crippen molar-refractivity contribution in [2.75, 3.05) is 11.9 Å². The van der Waals surface area contributed by atoms with E-state index in [2.05, 4.69) is 49.4 Å². The van der Waals surface area contributed by atoms with Gasteiger partial charge in [-0.2, -0.15) is 16.4 Å². The van der Waals surface area contributed by atoms with Gasteiger partial charge in [0, 0.05) is 19.1 Å². The molecule has 0 atom stereocenters. The molecule has 1 aliphatic rings. The summed E-state index contributed by atoms with van der Waals surface area (Å²) in [4.78, 5) is 2.37. The third-order valence-corrected chi connectivity index (χ3v) is 4.01. The first-order valence-electron chi connectivity index (χ1n) is 6.62. The molecular formula is C14H18N4S. The third kappa shape index (κ3) is 3.11. The summed E-state index contributed by atoms with van der Waals surface area (Å²) in [5.41, 5.74) is 2.34. The number of hydrogen-bond acceptors (Lipinski definition) is 5. The van der Waals surface area contributed by atoms with Crippen molar-refractivity contribution in [1.29, 1.82) is 0 Å². The van der Waals surface area contributed by atoms with Crippen molar-refractivity contribution in [1.82, 2.24) is 15.5 Å². The lowest BCUT2D eigenvalue weighted by Gasteiger charge is -2.22. The van der Waals surface area contributed by atoms with Crippen molar-refractivity contribution in [2.24, 2.45) is 0 Å². The molecule has 0 radical (unpaired) electrons. The Kier molecular flexibility index (Phi) is 3.75. The smallest absolute Gasteiger partial charge is 0.151 e. The molecule has 1 saturated carbocycles. The second kappa shape index (κ2) is 5.67. The number of anilines is 1. The Balaban J connectivity index is 1.76. The summed E-state index contributed by atoms with van der Waals surface area (Å²) in [6, 6.07) is 6.97. The van der Waals surface area contributed by atoms with E-state index in [0.29, 0.717) is 6.04 Å². The first-order chi connectivity index (χ1) is 9.36. The van der Waals surface area contributed by atoms with Gasteiger partial charge in [-0.05, 0) is 54.4 Å². The van der Waals surface area contributed by atoms with Crippen molar-refractivity contribution in [3.63, 3.8) is 0 Å². The van der Waals surface area contributed by atoms with Crippen LogP contribution in [0.25, 0.3) is 0 Å². The second-order valence-corrected chi connectivity index (χ2v) is 5.68. The van der Waals surface area contributed by atoms with Crippen LogP contribution < -0.4 is 10.2 Å². The Labute approximate surface area is 117 Å². The predicted molar refractivity (Wildman–Crippen MR) is 78.3 cm³/mol. The molecule has 19 heavy (non-hydrogen) atoms. The molecule has 2 heterocycles. The monoisotopic (exact) mass is 274 g/mol. The molecule has 3 rings (SSSR count). The van der Waals surface area contributed by atoms with Crippen LogP contribution in [0.15, 0.2) is 29.0 Å². The lowest BCUT2D eigenvalue weighted by molar-refractivity contribution is 0.735. The predicted octanol–water partition coefficient (Wildman–Crippen LogP) is 2.43. The lowest BCUT2D eigenvalue weighted by atomic mass is 10.3. The van der Waals surface area contributed by atoms with E-state index in [9.17, 15) is 0 Å². The maximum Gasteiger partial charge on any atom is 0.151 e. The third-order valence-electron chi connectivity index (χ3n) is 3.28. The van der Waals surface area contributed by atoms with Gasteiger partial charge in [0.25, 0.3) is 0 Å². The minimum Gasteiger partial charge on any atom is -0.348 e. The highest BCUT2D eigenvalue weighted by atomic mass is 32.1. The number of rotatable bonds is 6. The quantitative estimate of drug-likeness (QED) is 0.878. The van der Waals surface area contributed by atoms with Gasteiger partial charge >= 0.3 is 0 Å². The zero-order chi connectivity index (χ0) is 13.1. The minimum atomic E-state index is 0.643. The normalized spacial score (nSPS) is 14.6. The molecule has 1 N–H and O–H groups in total. The Hall–Kier alpha value is -1.46. The first-order valence-corrected chi connectivity index (χ1v) is 7.56. The van der Waals surface area contributed by atoms with Crippen molar-refractivity contribution >= 4 is 17.2 Å². The van der Waals surface area contributed by atoms with Gasteiger partial charge in [-0.15, -0.1) is 5.10 Å². The van der Waals surface area contributed by atoms with Gasteiger partial charge in [0.2, 0.25) is 0 Å². The summed E-state index contributed by atoms with van der Waals surface area (Å²) >= 11 is 1.75. The number of hydrogen-bond donors (Lipinski definition) is 1. The minimum absolute atomic E-state index is 0.643. The summed E-state index contributed by atoms with van der Waals surface area (Å²) in [6.45, 7) is 1.70. The fraction of sp³-hybridized carbons (Fsp3) is 0.429. The van der Waals surface area contributed by atoms with Crippen molar-refractivity contribution in [3.8, 4) is 0 Å². The molecule has 2 aromatic heterocycles. The highest BCUT2D eigenvalue weighted by Crippen LogP contribution is 2.32. The van der Waals surface area contributed by atoms with Gasteiger partial charge in [0.1, 0.15) is 0 Å². The zero-order valence-electron chi connectivity index (χ0n) is 11.0. The van der Waals surface area contributed by atoms with E-state index in [1.807, 2.05) is 7.05 Å². The largest absolute Gasteiger partial charge is 0.348 e. The highest BCUT2D eigenvalue weighted by Gasteiger charge is 2.30. The Bertz CT molecular complexity index is 505. The van der Waals surface area contributed by atoms with Crippen LogP contribution in [-0.4, -0.2) is 23.3 Å². The molecule has 0 aromatic carbocycles. The van der Waals surface area contributed by atoms with Crippen LogP contribution in [0.1, 0.15) is 24.1 Å². The first kappa shape index (κ1) is 12.6. The van der Waals surface area contributed by atoms with Crippen LogP contribution in [-0.2, 0) is 13.1 Å². The van der Waals surface area contributed by atoms with E-state index in [0.717, 1.165) is 24.6 Å². The molecule has 0 amide bonds. The van der Waals surface area contributed by atoms with E-state index in [4.69, 9.17) is 0 Å².